The van der Waals surface area contributed by atoms with Gasteiger partial charge in [0.15, 0.2) is 0 Å². The van der Waals surface area contributed by atoms with Gasteiger partial charge in [-0.15, -0.1) is 0 Å². The maximum Gasteiger partial charge on any atom is 0.243 e. The number of morpholine rings is 1. The highest BCUT2D eigenvalue weighted by molar-refractivity contribution is 7.89. The van der Waals surface area contributed by atoms with Crippen LogP contribution in [0.3, 0.4) is 0 Å². The first-order valence-electron chi connectivity index (χ1n) is 10.8. The van der Waals surface area contributed by atoms with E-state index in [9.17, 15) is 17.6 Å². The van der Waals surface area contributed by atoms with E-state index in [2.05, 4.69) is 5.32 Å². The molecule has 2 aromatic carbocycles. The summed E-state index contributed by atoms with van der Waals surface area (Å²) < 4.78 is 47.1. The quantitative estimate of drug-likeness (QED) is 0.743. The Morgan fingerprint density at radius 1 is 1.06 bits per heavy atom. The molecule has 32 heavy (non-hydrogen) atoms. The number of sulfonamides is 1. The third-order valence-electron chi connectivity index (χ3n) is 6.69. The summed E-state index contributed by atoms with van der Waals surface area (Å²) >= 11 is 0. The topological polar surface area (TPSA) is 79.0 Å². The number of carbonyl (C=O) groups excluding carboxylic acids is 1. The minimum atomic E-state index is -3.55. The number of piperidine rings is 1. The van der Waals surface area contributed by atoms with Gasteiger partial charge in [-0.3, -0.25) is 4.79 Å². The Balaban J connectivity index is 1.19. The lowest BCUT2D eigenvalue weighted by Crippen LogP contribution is -2.36. The van der Waals surface area contributed by atoms with Gasteiger partial charge in [0.05, 0.1) is 23.8 Å². The zero-order valence-corrected chi connectivity index (χ0v) is 18.6. The van der Waals surface area contributed by atoms with E-state index in [1.165, 1.54) is 10.4 Å². The molecule has 7 nitrogen and oxygen atoms in total. The fourth-order valence-corrected chi connectivity index (χ4v) is 6.32. The summed E-state index contributed by atoms with van der Waals surface area (Å²) in [6.45, 7) is 4.99. The number of benzene rings is 2. The molecule has 1 N–H and O–H groups in total. The lowest BCUT2D eigenvalue weighted by molar-refractivity contribution is -0.118. The molecule has 2 heterocycles. The predicted octanol–water partition coefficient (Wildman–Crippen LogP) is 2.48. The molecule has 170 valence electrons. The molecule has 0 spiro atoms. The summed E-state index contributed by atoms with van der Waals surface area (Å²) in [5.74, 6) is -0.774. The second kappa shape index (κ2) is 8.13. The van der Waals surface area contributed by atoms with E-state index in [1.807, 2.05) is 11.8 Å². The SMILES string of the molecule is Cc1ccc(S(=O)(=O)N2CC3C(C2)C3C(=O)Nc2ccc(N3CCOCC3)c(F)c2)cc1. The third kappa shape index (κ3) is 3.89. The minimum absolute atomic E-state index is 0.00712. The summed E-state index contributed by atoms with van der Waals surface area (Å²) in [5.41, 5.74) is 1.92. The maximum atomic E-state index is 14.6. The van der Waals surface area contributed by atoms with Gasteiger partial charge in [0.2, 0.25) is 15.9 Å². The van der Waals surface area contributed by atoms with Gasteiger partial charge in [-0.1, -0.05) is 17.7 Å². The standard InChI is InChI=1S/C23H26FN3O4S/c1-15-2-5-17(6-3-15)32(29,30)27-13-18-19(14-27)22(18)23(28)25-16-4-7-21(20(24)12-16)26-8-10-31-11-9-26/h2-7,12,18-19,22H,8-11,13-14H2,1H3,(H,25,28). The van der Waals surface area contributed by atoms with Crippen molar-refractivity contribution in [2.45, 2.75) is 11.8 Å². The predicted molar refractivity (Wildman–Crippen MR) is 118 cm³/mol. The van der Waals surface area contributed by atoms with Crippen LogP contribution in [-0.4, -0.2) is 58.0 Å². The van der Waals surface area contributed by atoms with Crippen molar-refractivity contribution in [3.05, 3.63) is 53.8 Å². The fraction of sp³-hybridized carbons (Fsp3) is 0.435. The third-order valence-corrected chi connectivity index (χ3v) is 8.53. The Hall–Kier alpha value is -2.49. The number of ether oxygens (including phenoxy) is 1. The van der Waals surface area contributed by atoms with Crippen LogP contribution in [0.1, 0.15) is 5.56 Å². The van der Waals surface area contributed by atoms with Gasteiger partial charge in [0.25, 0.3) is 0 Å². The summed E-state index contributed by atoms with van der Waals surface area (Å²) in [6, 6.07) is 11.5. The monoisotopic (exact) mass is 459 g/mol. The molecule has 1 aliphatic carbocycles. The van der Waals surface area contributed by atoms with Gasteiger partial charge < -0.3 is 15.0 Å². The zero-order chi connectivity index (χ0) is 22.5. The zero-order valence-electron chi connectivity index (χ0n) is 17.8. The molecule has 2 saturated heterocycles. The van der Waals surface area contributed by atoms with E-state index in [4.69, 9.17) is 4.74 Å². The van der Waals surface area contributed by atoms with Crippen LogP contribution < -0.4 is 10.2 Å². The molecular formula is C23H26FN3O4S. The first-order valence-corrected chi connectivity index (χ1v) is 12.3. The van der Waals surface area contributed by atoms with Crippen molar-refractivity contribution in [2.24, 2.45) is 17.8 Å². The number of hydrogen-bond donors (Lipinski definition) is 1. The van der Waals surface area contributed by atoms with Gasteiger partial charge in [-0.25, -0.2) is 12.8 Å². The molecule has 3 aliphatic rings. The van der Waals surface area contributed by atoms with Crippen molar-refractivity contribution in [1.29, 1.82) is 0 Å². The van der Waals surface area contributed by atoms with Crippen molar-refractivity contribution in [1.82, 2.24) is 4.31 Å². The average Bonchev–Trinajstić information content (AvgIpc) is 3.28. The Kier molecular flexibility index (Phi) is 5.43. The van der Waals surface area contributed by atoms with Gasteiger partial charge >= 0.3 is 0 Å². The number of rotatable bonds is 5. The molecule has 1 saturated carbocycles. The van der Waals surface area contributed by atoms with E-state index in [1.54, 1.807) is 36.4 Å². The molecule has 2 atom stereocenters. The number of halogens is 1. The van der Waals surface area contributed by atoms with Gasteiger partial charge in [0.1, 0.15) is 5.82 Å². The fourth-order valence-electron chi connectivity index (χ4n) is 4.80. The second-order valence-electron chi connectivity index (χ2n) is 8.74. The Labute approximate surface area is 187 Å². The van der Waals surface area contributed by atoms with E-state index >= 15 is 0 Å². The molecule has 3 fully saturated rings. The summed E-state index contributed by atoms with van der Waals surface area (Å²) in [5, 5.41) is 2.80. The lowest BCUT2D eigenvalue weighted by Gasteiger charge is -2.29. The van der Waals surface area contributed by atoms with Crippen molar-refractivity contribution >= 4 is 27.3 Å². The summed E-state index contributed by atoms with van der Waals surface area (Å²) in [4.78, 5) is 14.9. The minimum Gasteiger partial charge on any atom is -0.378 e. The van der Waals surface area contributed by atoms with Gasteiger partial charge in [-0.2, -0.15) is 4.31 Å². The molecule has 0 bridgehead atoms. The molecule has 9 heteroatoms. The number of nitrogens with zero attached hydrogens (tertiary/aromatic N) is 2. The van der Waals surface area contributed by atoms with Crippen molar-refractivity contribution < 1.29 is 22.3 Å². The molecule has 2 aromatic rings. The number of fused-ring (bicyclic) bond motifs is 1. The number of carbonyl (C=O) groups is 1. The van der Waals surface area contributed by atoms with E-state index in [-0.39, 0.29) is 34.4 Å². The highest BCUT2D eigenvalue weighted by atomic mass is 32.2. The van der Waals surface area contributed by atoms with Crippen molar-refractivity contribution in [3.8, 4) is 0 Å². The van der Waals surface area contributed by atoms with Crippen LogP contribution in [0.4, 0.5) is 15.8 Å². The summed E-state index contributed by atoms with van der Waals surface area (Å²) in [7, 11) is -3.55. The average molecular weight is 460 g/mol. The second-order valence-corrected chi connectivity index (χ2v) is 10.7. The van der Waals surface area contributed by atoms with Crippen LogP contribution in [0.2, 0.25) is 0 Å². The first-order chi connectivity index (χ1) is 15.3. The van der Waals surface area contributed by atoms with Crippen molar-refractivity contribution in [3.63, 3.8) is 0 Å². The molecule has 2 aliphatic heterocycles. The number of hydrogen-bond acceptors (Lipinski definition) is 5. The van der Waals surface area contributed by atoms with E-state index in [0.717, 1.165) is 5.56 Å². The highest BCUT2D eigenvalue weighted by Crippen LogP contribution is 2.53. The number of anilines is 2. The smallest absolute Gasteiger partial charge is 0.243 e. The van der Waals surface area contributed by atoms with Crippen LogP contribution in [0.25, 0.3) is 0 Å². The van der Waals surface area contributed by atoms with Crippen LogP contribution in [0.15, 0.2) is 47.4 Å². The molecule has 5 rings (SSSR count). The molecule has 0 aromatic heterocycles. The lowest BCUT2D eigenvalue weighted by atomic mass is 10.2. The van der Waals surface area contributed by atoms with Crippen LogP contribution >= 0.6 is 0 Å². The number of amides is 1. The van der Waals surface area contributed by atoms with Gasteiger partial charge in [-0.05, 0) is 49.1 Å². The van der Waals surface area contributed by atoms with Crippen molar-refractivity contribution in [2.75, 3.05) is 49.6 Å². The highest BCUT2D eigenvalue weighted by Gasteiger charge is 2.61. The molecule has 2 unspecified atom stereocenters. The molecular weight excluding hydrogens is 433 g/mol. The Morgan fingerprint density at radius 2 is 1.72 bits per heavy atom. The van der Waals surface area contributed by atoms with Crippen LogP contribution in [0.5, 0.6) is 0 Å². The molecule has 1 amide bonds. The van der Waals surface area contributed by atoms with E-state index < -0.39 is 10.0 Å². The Bertz CT molecular complexity index is 1120. The molecule has 0 radical (unpaired) electrons. The number of aryl methyl sites for hydroxylation is 1. The maximum absolute atomic E-state index is 14.6. The van der Waals surface area contributed by atoms with Crippen LogP contribution in [-0.2, 0) is 19.6 Å². The first kappa shape index (κ1) is 21.4. The Morgan fingerprint density at radius 3 is 2.34 bits per heavy atom. The summed E-state index contributed by atoms with van der Waals surface area (Å²) in [6.07, 6.45) is 0. The van der Waals surface area contributed by atoms with E-state index in [0.29, 0.717) is 50.8 Å². The number of nitrogens with one attached hydrogen (secondary N) is 1. The normalized spacial score (nSPS) is 25.4. The largest absolute Gasteiger partial charge is 0.378 e. The van der Waals surface area contributed by atoms with Gasteiger partial charge in [0, 0.05) is 37.8 Å². The van der Waals surface area contributed by atoms with Crippen LogP contribution in [0, 0.1) is 30.5 Å².